The molecule has 3 rings (SSSR count). The molecule has 0 saturated carbocycles. The first-order valence-corrected chi connectivity index (χ1v) is 8.45. The second-order valence-electron chi connectivity index (χ2n) is 5.57. The highest BCUT2D eigenvalue weighted by molar-refractivity contribution is 9.10. The highest BCUT2D eigenvalue weighted by atomic mass is 79.9. The summed E-state index contributed by atoms with van der Waals surface area (Å²) in [5.41, 5.74) is 0.857. The van der Waals surface area contributed by atoms with E-state index in [2.05, 4.69) is 26.2 Å². The Hall–Kier alpha value is -2.15. The molecule has 2 aromatic rings. The van der Waals surface area contributed by atoms with E-state index in [1.165, 1.54) is 12.1 Å². The van der Waals surface area contributed by atoms with Gasteiger partial charge in [-0.2, -0.15) is 0 Å². The van der Waals surface area contributed by atoms with Crippen LogP contribution in [0.25, 0.3) is 0 Å². The zero-order valence-electron chi connectivity index (χ0n) is 12.9. The van der Waals surface area contributed by atoms with Crippen LogP contribution in [-0.2, 0) is 6.54 Å². The van der Waals surface area contributed by atoms with Crippen molar-refractivity contribution in [3.05, 3.63) is 58.4 Å². The van der Waals surface area contributed by atoms with Crippen molar-refractivity contribution in [2.45, 2.75) is 19.1 Å². The highest BCUT2D eigenvalue weighted by Gasteiger charge is 2.27. The minimum absolute atomic E-state index is 0.0600. The van der Waals surface area contributed by atoms with E-state index in [1.807, 2.05) is 6.07 Å². The van der Waals surface area contributed by atoms with Crippen molar-refractivity contribution in [3.8, 4) is 5.88 Å². The van der Waals surface area contributed by atoms with Gasteiger partial charge in [-0.3, -0.25) is 0 Å². The van der Waals surface area contributed by atoms with Crippen LogP contribution in [0.3, 0.4) is 0 Å². The molecule has 24 heavy (non-hydrogen) atoms. The number of likely N-dealkylation sites (tertiary alicyclic amines) is 1. The van der Waals surface area contributed by atoms with Crippen molar-refractivity contribution >= 4 is 22.0 Å². The average Bonchev–Trinajstić information content (AvgIpc) is 3.05. The van der Waals surface area contributed by atoms with Gasteiger partial charge in [-0.25, -0.2) is 14.2 Å². The van der Waals surface area contributed by atoms with Crippen molar-refractivity contribution < 1.29 is 13.9 Å². The number of nitrogens with one attached hydrogen (secondary N) is 1. The number of ether oxygens (including phenoxy) is 1. The number of halogens is 2. The molecule has 2 amide bonds. The van der Waals surface area contributed by atoms with E-state index < -0.39 is 0 Å². The molecule has 0 spiro atoms. The summed E-state index contributed by atoms with van der Waals surface area (Å²) in [7, 11) is 0. The predicted octanol–water partition coefficient (Wildman–Crippen LogP) is 3.35. The number of benzene rings is 1. The van der Waals surface area contributed by atoms with Gasteiger partial charge in [0.1, 0.15) is 11.9 Å². The van der Waals surface area contributed by atoms with E-state index >= 15 is 0 Å². The van der Waals surface area contributed by atoms with Gasteiger partial charge in [0, 0.05) is 36.2 Å². The maximum Gasteiger partial charge on any atom is 0.317 e. The molecule has 1 aliphatic heterocycles. The van der Waals surface area contributed by atoms with Crippen LogP contribution in [0.2, 0.25) is 0 Å². The van der Waals surface area contributed by atoms with Crippen LogP contribution in [0.1, 0.15) is 12.0 Å². The SMILES string of the molecule is O=C(NCc1ccc(F)cc1)N1CCC(Oc2ccc(Br)cn2)C1. The Labute approximate surface area is 148 Å². The Kier molecular flexibility index (Phi) is 5.30. The Morgan fingerprint density at radius 2 is 2.12 bits per heavy atom. The molecule has 2 heterocycles. The quantitative estimate of drug-likeness (QED) is 0.866. The third-order valence-corrected chi connectivity index (χ3v) is 4.25. The van der Waals surface area contributed by atoms with Crippen LogP contribution in [0.15, 0.2) is 47.1 Å². The number of rotatable bonds is 4. The number of hydrogen-bond donors (Lipinski definition) is 1. The maximum absolute atomic E-state index is 12.9. The number of pyridine rings is 1. The second kappa shape index (κ2) is 7.61. The van der Waals surface area contributed by atoms with E-state index in [1.54, 1.807) is 29.3 Å². The van der Waals surface area contributed by atoms with E-state index in [-0.39, 0.29) is 18.0 Å². The van der Waals surface area contributed by atoms with Crippen LogP contribution in [-0.4, -0.2) is 35.1 Å². The smallest absolute Gasteiger partial charge is 0.317 e. The zero-order valence-corrected chi connectivity index (χ0v) is 14.5. The van der Waals surface area contributed by atoms with E-state index in [4.69, 9.17) is 4.74 Å². The third kappa shape index (κ3) is 4.44. The predicted molar refractivity (Wildman–Crippen MR) is 91.2 cm³/mol. The van der Waals surface area contributed by atoms with Crippen LogP contribution in [0.4, 0.5) is 9.18 Å². The number of aromatic nitrogens is 1. The second-order valence-corrected chi connectivity index (χ2v) is 6.49. The first-order chi connectivity index (χ1) is 11.6. The molecule has 1 aromatic heterocycles. The summed E-state index contributed by atoms with van der Waals surface area (Å²) in [6.45, 7) is 1.53. The van der Waals surface area contributed by atoms with Crippen molar-refractivity contribution in [1.82, 2.24) is 15.2 Å². The topological polar surface area (TPSA) is 54.5 Å². The van der Waals surface area contributed by atoms with Crippen LogP contribution >= 0.6 is 15.9 Å². The number of amides is 2. The minimum Gasteiger partial charge on any atom is -0.472 e. The lowest BCUT2D eigenvalue weighted by atomic mass is 10.2. The molecule has 7 heteroatoms. The summed E-state index contributed by atoms with van der Waals surface area (Å²) in [5.74, 6) is 0.267. The molecule has 126 valence electrons. The van der Waals surface area contributed by atoms with Crippen molar-refractivity contribution in [3.63, 3.8) is 0 Å². The van der Waals surface area contributed by atoms with Gasteiger partial charge in [0.25, 0.3) is 0 Å². The molecule has 1 fully saturated rings. The van der Waals surface area contributed by atoms with Gasteiger partial charge in [-0.15, -0.1) is 0 Å². The third-order valence-electron chi connectivity index (χ3n) is 3.78. The van der Waals surface area contributed by atoms with E-state index in [0.29, 0.717) is 25.5 Å². The Balaban J connectivity index is 1.46. The fourth-order valence-electron chi connectivity index (χ4n) is 2.50. The molecular formula is C17H17BrFN3O2. The molecule has 1 N–H and O–H groups in total. The highest BCUT2D eigenvalue weighted by Crippen LogP contribution is 2.18. The molecule has 5 nitrogen and oxygen atoms in total. The minimum atomic E-state index is -0.286. The molecule has 1 aliphatic rings. The Morgan fingerprint density at radius 3 is 2.83 bits per heavy atom. The van der Waals surface area contributed by atoms with Crippen LogP contribution in [0.5, 0.6) is 5.88 Å². The summed E-state index contributed by atoms with van der Waals surface area (Å²) in [6.07, 6.45) is 2.38. The fraction of sp³-hybridized carbons (Fsp3) is 0.294. The number of hydrogen-bond acceptors (Lipinski definition) is 3. The number of nitrogens with zero attached hydrogens (tertiary/aromatic N) is 2. The molecule has 1 aromatic carbocycles. The summed E-state index contributed by atoms with van der Waals surface area (Å²) in [5, 5.41) is 2.84. The molecule has 1 atom stereocenters. The van der Waals surface area contributed by atoms with Crippen LogP contribution in [0, 0.1) is 5.82 Å². The van der Waals surface area contributed by atoms with Gasteiger partial charge in [-0.1, -0.05) is 12.1 Å². The van der Waals surface area contributed by atoms with Gasteiger partial charge in [0.2, 0.25) is 5.88 Å². The standard InChI is InChI=1S/C17H17BrFN3O2/c18-13-3-6-16(20-10-13)24-15-7-8-22(11-15)17(23)21-9-12-1-4-14(19)5-2-12/h1-6,10,15H,7-9,11H2,(H,21,23). The first-order valence-electron chi connectivity index (χ1n) is 7.65. The van der Waals surface area contributed by atoms with Gasteiger partial charge < -0.3 is 15.0 Å². The number of urea groups is 1. The zero-order chi connectivity index (χ0) is 16.9. The van der Waals surface area contributed by atoms with E-state index in [0.717, 1.165) is 16.5 Å². The lowest BCUT2D eigenvalue weighted by Gasteiger charge is -2.17. The number of carbonyl (C=O) groups is 1. The summed E-state index contributed by atoms with van der Waals surface area (Å²) < 4.78 is 19.5. The summed E-state index contributed by atoms with van der Waals surface area (Å²) >= 11 is 3.33. The molecule has 1 unspecified atom stereocenters. The molecule has 0 aliphatic carbocycles. The molecular weight excluding hydrogens is 377 g/mol. The summed E-state index contributed by atoms with van der Waals surface area (Å²) in [4.78, 5) is 18.1. The largest absolute Gasteiger partial charge is 0.472 e. The van der Waals surface area contributed by atoms with Gasteiger partial charge in [0.15, 0.2) is 0 Å². The van der Waals surface area contributed by atoms with Crippen molar-refractivity contribution in [1.29, 1.82) is 0 Å². The summed E-state index contributed by atoms with van der Waals surface area (Å²) in [6, 6.07) is 9.59. The lowest BCUT2D eigenvalue weighted by molar-refractivity contribution is 0.183. The Bertz CT molecular complexity index is 694. The lowest BCUT2D eigenvalue weighted by Crippen LogP contribution is -2.39. The molecule has 0 bridgehead atoms. The fourth-order valence-corrected chi connectivity index (χ4v) is 2.74. The van der Waals surface area contributed by atoms with Gasteiger partial charge in [0.05, 0.1) is 6.54 Å². The van der Waals surface area contributed by atoms with Crippen LogP contribution < -0.4 is 10.1 Å². The number of carbonyl (C=O) groups excluding carboxylic acids is 1. The average molecular weight is 394 g/mol. The van der Waals surface area contributed by atoms with Crippen molar-refractivity contribution in [2.75, 3.05) is 13.1 Å². The van der Waals surface area contributed by atoms with E-state index in [9.17, 15) is 9.18 Å². The normalized spacial score (nSPS) is 16.9. The van der Waals surface area contributed by atoms with Gasteiger partial charge >= 0.3 is 6.03 Å². The van der Waals surface area contributed by atoms with Crippen molar-refractivity contribution in [2.24, 2.45) is 0 Å². The monoisotopic (exact) mass is 393 g/mol. The van der Waals surface area contributed by atoms with Gasteiger partial charge in [-0.05, 0) is 39.7 Å². The first kappa shape index (κ1) is 16.7. The maximum atomic E-state index is 12.9. The Morgan fingerprint density at radius 1 is 1.33 bits per heavy atom. The molecule has 1 saturated heterocycles. The molecule has 0 radical (unpaired) electrons.